The van der Waals surface area contributed by atoms with Gasteiger partial charge >= 0.3 is 0 Å². The molecule has 1 heterocycles. The summed E-state index contributed by atoms with van der Waals surface area (Å²) in [5.41, 5.74) is 2.49. The van der Waals surface area contributed by atoms with Crippen LogP contribution >= 0.6 is 0 Å². The van der Waals surface area contributed by atoms with Crippen molar-refractivity contribution in [2.75, 3.05) is 18.0 Å². The summed E-state index contributed by atoms with van der Waals surface area (Å²) < 4.78 is 28.6. The maximum atomic E-state index is 12.9. The first-order valence-electron chi connectivity index (χ1n) is 10.0. The Morgan fingerprint density at radius 2 is 1.76 bits per heavy atom. The Kier molecular flexibility index (Phi) is 5.88. The first kappa shape index (κ1) is 21.5. The molecule has 2 aromatic rings. The molecule has 5 nitrogen and oxygen atoms in total. The molecule has 3 rings (SSSR count). The van der Waals surface area contributed by atoms with E-state index in [0.29, 0.717) is 13.1 Å². The quantitative estimate of drug-likeness (QED) is 0.775. The van der Waals surface area contributed by atoms with Crippen LogP contribution in [0.5, 0.6) is 0 Å². The summed E-state index contributed by atoms with van der Waals surface area (Å²) in [4.78, 5) is 14.6. The van der Waals surface area contributed by atoms with Gasteiger partial charge in [-0.3, -0.25) is 4.79 Å². The van der Waals surface area contributed by atoms with E-state index in [2.05, 4.69) is 4.72 Å². The summed E-state index contributed by atoms with van der Waals surface area (Å²) in [6, 6.07) is 14.9. The molecule has 0 aromatic heterocycles. The van der Waals surface area contributed by atoms with Crippen LogP contribution in [-0.4, -0.2) is 27.4 Å². The number of fused-ring (bicyclic) bond motifs is 1. The third-order valence-corrected chi connectivity index (χ3v) is 6.98. The van der Waals surface area contributed by atoms with Crippen LogP contribution in [0, 0.1) is 5.92 Å². The first-order valence-corrected chi connectivity index (χ1v) is 11.5. The van der Waals surface area contributed by atoms with Gasteiger partial charge in [-0.25, -0.2) is 13.1 Å². The van der Waals surface area contributed by atoms with Gasteiger partial charge in [0.05, 0.1) is 4.90 Å². The summed E-state index contributed by atoms with van der Waals surface area (Å²) >= 11 is 0. The van der Waals surface area contributed by atoms with Crippen molar-refractivity contribution in [3.8, 4) is 0 Å². The SMILES string of the molecule is CC(C)C(=O)N1CC(C)(C)c2cc(S(=O)(=O)NCC(C)c3ccccc3)ccc21. The molecule has 0 bridgehead atoms. The van der Waals surface area contributed by atoms with Gasteiger partial charge in [0, 0.05) is 30.1 Å². The first-order chi connectivity index (χ1) is 13.5. The fourth-order valence-corrected chi connectivity index (χ4v) is 4.91. The molecule has 1 aliphatic heterocycles. The van der Waals surface area contributed by atoms with Crippen molar-refractivity contribution in [2.24, 2.45) is 5.92 Å². The lowest BCUT2D eigenvalue weighted by molar-refractivity contribution is -0.121. The Balaban J connectivity index is 1.84. The summed E-state index contributed by atoms with van der Waals surface area (Å²) in [6.45, 7) is 10.7. The maximum absolute atomic E-state index is 12.9. The zero-order valence-electron chi connectivity index (χ0n) is 17.8. The Bertz CT molecular complexity index is 998. The minimum Gasteiger partial charge on any atom is -0.311 e. The molecule has 1 N–H and O–H groups in total. The normalized spacial score (nSPS) is 16.7. The molecule has 156 valence electrons. The third kappa shape index (κ3) is 4.38. The lowest BCUT2D eigenvalue weighted by Gasteiger charge is -2.22. The third-order valence-electron chi connectivity index (χ3n) is 5.56. The number of carbonyl (C=O) groups is 1. The standard InChI is InChI=1S/C23H30N2O3S/c1-16(2)22(26)25-15-23(4,5)20-13-19(11-12-21(20)25)29(27,28)24-14-17(3)18-9-7-6-8-10-18/h6-13,16-17,24H,14-15H2,1-5H3. The molecule has 0 fully saturated rings. The number of rotatable bonds is 6. The molecule has 1 amide bonds. The van der Waals surface area contributed by atoms with Gasteiger partial charge in [-0.05, 0) is 35.2 Å². The highest BCUT2D eigenvalue weighted by atomic mass is 32.2. The van der Waals surface area contributed by atoms with Crippen molar-refractivity contribution in [2.45, 2.75) is 50.8 Å². The number of carbonyl (C=O) groups excluding carboxylic acids is 1. The maximum Gasteiger partial charge on any atom is 0.240 e. The van der Waals surface area contributed by atoms with Crippen molar-refractivity contribution < 1.29 is 13.2 Å². The van der Waals surface area contributed by atoms with Gasteiger partial charge < -0.3 is 4.90 Å². The Labute approximate surface area is 174 Å². The molecule has 0 saturated carbocycles. The number of hydrogen-bond donors (Lipinski definition) is 1. The van der Waals surface area contributed by atoms with Crippen molar-refractivity contribution in [3.63, 3.8) is 0 Å². The predicted molar refractivity (Wildman–Crippen MR) is 117 cm³/mol. The molecule has 0 radical (unpaired) electrons. The fraction of sp³-hybridized carbons (Fsp3) is 0.435. The fourth-order valence-electron chi connectivity index (χ4n) is 3.75. The van der Waals surface area contributed by atoms with E-state index in [4.69, 9.17) is 0 Å². The van der Waals surface area contributed by atoms with Crippen LogP contribution < -0.4 is 9.62 Å². The van der Waals surface area contributed by atoms with E-state index >= 15 is 0 Å². The summed E-state index contributed by atoms with van der Waals surface area (Å²) in [5, 5.41) is 0. The van der Waals surface area contributed by atoms with Crippen LogP contribution in [0.1, 0.15) is 51.7 Å². The smallest absolute Gasteiger partial charge is 0.240 e. The average Bonchev–Trinajstić information content (AvgIpc) is 2.96. The number of nitrogens with zero attached hydrogens (tertiary/aromatic N) is 1. The molecule has 1 atom stereocenters. The molecule has 0 saturated heterocycles. The van der Waals surface area contributed by atoms with Crippen LogP contribution in [0.3, 0.4) is 0 Å². The number of sulfonamides is 1. The minimum atomic E-state index is -3.64. The van der Waals surface area contributed by atoms with E-state index < -0.39 is 10.0 Å². The van der Waals surface area contributed by atoms with Crippen molar-refractivity contribution >= 4 is 21.6 Å². The van der Waals surface area contributed by atoms with Crippen LogP contribution in [0.4, 0.5) is 5.69 Å². The summed E-state index contributed by atoms with van der Waals surface area (Å²) in [7, 11) is -3.64. The van der Waals surface area contributed by atoms with Crippen molar-refractivity contribution in [1.82, 2.24) is 4.72 Å². The number of nitrogens with one attached hydrogen (secondary N) is 1. The zero-order valence-corrected chi connectivity index (χ0v) is 18.6. The van der Waals surface area contributed by atoms with Gasteiger partial charge in [0.1, 0.15) is 0 Å². The highest BCUT2D eigenvalue weighted by Gasteiger charge is 2.39. The summed E-state index contributed by atoms with van der Waals surface area (Å²) in [5.74, 6) is 0.0135. The number of hydrogen-bond acceptors (Lipinski definition) is 3. The predicted octanol–water partition coefficient (Wildman–Crippen LogP) is 4.05. The van der Waals surface area contributed by atoms with Crippen molar-refractivity contribution in [3.05, 3.63) is 59.7 Å². The zero-order chi connectivity index (χ0) is 21.4. The second-order valence-electron chi connectivity index (χ2n) is 8.81. The molecule has 0 spiro atoms. The monoisotopic (exact) mass is 414 g/mol. The minimum absolute atomic E-state index is 0.0576. The van der Waals surface area contributed by atoms with E-state index in [1.54, 1.807) is 23.1 Å². The van der Waals surface area contributed by atoms with E-state index in [1.165, 1.54) is 0 Å². The largest absolute Gasteiger partial charge is 0.311 e. The highest BCUT2D eigenvalue weighted by Crippen LogP contribution is 2.42. The number of benzene rings is 2. The van der Waals surface area contributed by atoms with Gasteiger partial charge in [0.15, 0.2) is 0 Å². The van der Waals surface area contributed by atoms with E-state index in [1.807, 2.05) is 65.0 Å². The molecule has 29 heavy (non-hydrogen) atoms. The van der Waals surface area contributed by atoms with Crippen LogP contribution in [0.25, 0.3) is 0 Å². The summed E-state index contributed by atoms with van der Waals surface area (Å²) in [6.07, 6.45) is 0. The lowest BCUT2D eigenvalue weighted by atomic mass is 9.87. The second-order valence-corrected chi connectivity index (χ2v) is 10.6. The molecule has 2 aromatic carbocycles. The molecule has 6 heteroatoms. The van der Waals surface area contributed by atoms with Crippen LogP contribution in [-0.2, 0) is 20.2 Å². The van der Waals surface area contributed by atoms with Gasteiger partial charge in [0.25, 0.3) is 0 Å². The van der Waals surface area contributed by atoms with E-state index in [9.17, 15) is 13.2 Å². The number of anilines is 1. The topological polar surface area (TPSA) is 66.5 Å². The van der Waals surface area contributed by atoms with E-state index in [-0.39, 0.29) is 28.1 Å². The second kappa shape index (κ2) is 7.92. The molecule has 1 unspecified atom stereocenters. The van der Waals surface area contributed by atoms with Crippen molar-refractivity contribution in [1.29, 1.82) is 0 Å². The average molecular weight is 415 g/mol. The lowest BCUT2D eigenvalue weighted by Crippen LogP contribution is -2.36. The molecular weight excluding hydrogens is 384 g/mol. The van der Waals surface area contributed by atoms with Gasteiger partial charge in [-0.1, -0.05) is 65.0 Å². The molecule has 0 aliphatic carbocycles. The Hall–Kier alpha value is -2.18. The highest BCUT2D eigenvalue weighted by molar-refractivity contribution is 7.89. The van der Waals surface area contributed by atoms with Crippen LogP contribution in [0.2, 0.25) is 0 Å². The molecule has 1 aliphatic rings. The molecular formula is C23H30N2O3S. The Morgan fingerprint density at radius 3 is 2.38 bits per heavy atom. The van der Waals surface area contributed by atoms with Crippen LogP contribution in [0.15, 0.2) is 53.4 Å². The number of amides is 1. The Morgan fingerprint density at radius 1 is 1.10 bits per heavy atom. The van der Waals surface area contributed by atoms with Gasteiger partial charge in [-0.15, -0.1) is 0 Å². The van der Waals surface area contributed by atoms with Gasteiger partial charge in [-0.2, -0.15) is 0 Å². The van der Waals surface area contributed by atoms with Gasteiger partial charge in [0.2, 0.25) is 15.9 Å². The van der Waals surface area contributed by atoms with E-state index in [0.717, 1.165) is 16.8 Å².